The van der Waals surface area contributed by atoms with E-state index in [2.05, 4.69) is 5.32 Å². The van der Waals surface area contributed by atoms with E-state index in [1.165, 1.54) is 16.4 Å². The van der Waals surface area contributed by atoms with Gasteiger partial charge in [0.15, 0.2) is 0 Å². The minimum absolute atomic E-state index is 0.120. The zero-order valence-electron chi connectivity index (χ0n) is 17.9. The van der Waals surface area contributed by atoms with Crippen LogP contribution >= 0.6 is 11.6 Å². The van der Waals surface area contributed by atoms with Crippen LogP contribution in [0.2, 0.25) is 5.02 Å². The van der Waals surface area contributed by atoms with Crippen molar-refractivity contribution < 1.29 is 18.0 Å². The summed E-state index contributed by atoms with van der Waals surface area (Å²) in [6.07, 6.45) is 2.65. The summed E-state index contributed by atoms with van der Waals surface area (Å²) >= 11 is 5.87. The van der Waals surface area contributed by atoms with Crippen molar-refractivity contribution in [3.63, 3.8) is 0 Å². The first kappa shape index (κ1) is 22.8. The van der Waals surface area contributed by atoms with Gasteiger partial charge in [0.05, 0.1) is 10.8 Å². The standard InChI is InChI=1S/C23H26ClN3O4S/c1-16-14-19(8-11-21(16)27-13-3-5-22(27)28)25-23(29)17-4-2-12-26(15-17)32(30,31)20-9-6-18(24)7-10-20/h6-11,14,17H,2-5,12-13,15H2,1H3,(H,25,29)/t17-/m1/s1. The third kappa shape index (κ3) is 4.67. The molecule has 2 fully saturated rings. The Morgan fingerprint density at radius 3 is 2.50 bits per heavy atom. The van der Waals surface area contributed by atoms with E-state index >= 15 is 0 Å². The van der Waals surface area contributed by atoms with Crippen molar-refractivity contribution in [1.82, 2.24) is 4.31 Å². The van der Waals surface area contributed by atoms with Gasteiger partial charge in [-0.2, -0.15) is 4.31 Å². The molecule has 4 rings (SSSR count). The Bertz CT molecular complexity index is 1130. The van der Waals surface area contributed by atoms with Crippen LogP contribution in [0.1, 0.15) is 31.2 Å². The fourth-order valence-corrected chi connectivity index (χ4v) is 5.96. The summed E-state index contributed by atoms with van der Waals surface area (Å²) in [4.78, 5) is 26.9. The van der Waals surface area contributed by atoms with E-state index in [0.29, 0.717) is 43.1 Å². The van der Waals surface area contributed by atoms with Crippen LogP contribution in [0.25, 0.3) is 0 Å². The molecule has 32 heavy (non-hydrogen) atoms. The molecule has 2 aromatic carbocycles. The second-order valence-corrected chi connectivity index (χ2v) is 10.7. The lowest BCUT2D eigenvalue weighted by Crippen LogP contribution is -2.43. The fourth-order valence-electron chi connectivity index (χ4n) is 4.31. The van der Waals surface area contributed by atoms with Gasteiger partial charge in [-0.05, 0) is 74.2 Å². The van der Waals surface area contributed by atoms with E-state index in [1.54, 1.807) is 23.1 Å². The molecule has 2 saturated heterocycles. The van der Waals surface area contributed by atoms with Crippen molar-refractivity contribution in [3.8, 4) is 0 Å². The molecule has 0 aliphatic carbocycles. The number of benzene rings is 2. The monoisotopic (exact) mass is 475 g/mol. The van der Waals surface area contributed by atoms with Crippen molar-refractivity contribution in [2.75, 3.05) is 29.9 Å². The Morgan fingerprint density at radius 2 is 1.84 bits per heavy atom. The van der Waals surface area contributed by atoms with Crippen molar-refractivity contribution in [1.29, 1.82) is 0 Å². The number of nitrogens with one attached hydrogen (secondary N) is 1. The smallest absolute Gasteiger partial charge is 0.243 e. The molecule has 1 N–H and O–H groups in total. The number of piperidine rings is 1. The zero-order valence-corrected chi connectivity index (χ0v) is 19.5. The molecule has 0 radical (unpaired) electrons. The number of aryl methyl sites for hydroxylation is 1. The Kier molecular flexibility index (Phi) is 6.55. The van der Waals surface area contributed by atoms with Crippen molar-refractivity contribution >= 4 is 44.8 Å². The molecule has 0 aromatic heterocycles. The molecule has 0 unspecified atom stereocenters. The molecule has 7 nitrogen and oxygen atoms in total. The average molecular weight is 476 g/mol. The maximum absolute atomic E-state index is 13.0. The van der Waals surface area contributed by atoms with Crippen LogP contribution in [0, 0.1) is 12.8 Å². The molecule has 2 heterocycles. The number of carbonyl (C=O) groups excluding carboxylic acids is 2. The second-order valence-electron chi connectivity index (χ2n) is 8.30. The second kappa shape index (κ2) is 9.21. The van der Waals surface area contributed by atoms with Gasteiger partial charge in [-0.25, -0.2) is 8.42 Å². The summed E-state index contributed by atoms with van der Waals surface area (Å²) in [6.45, 7) is 3.14. The molecular formula is C23H26ClN3O4S. The molecule has 0 saturated carbocycles. The van der Waals surface area contributed by atoms with Gasteiger partial charge in [-0.1, -0.05) is 11.6 Å². The van der Waals surface area contributed by atoms with Crippen LogP contribution in [0.5, 0.6) is 0 Å². The molecule has 9 heteroatoms. The van der Waals surface area contributed by atoms with Gasteiger partial charge >= 0.3 is 0 Å². The SMILES string of the molecule is Cc1cc(NC(=O)[C@@H]2CCCN(S(=O)(=O)c3ccc(Cl)cc3)C2)ccc1N1CCCC1=O. The number of rotatable bonds is 5. The van der Waals surface area contributed by atoms with Crippen LogP contribution < -0.4 is 10.2 Å². The number of hydrogen-bond donors (Lipinski definition) is 1. The van der Waals surface area contributed by atoms with Crippen LogP contribution in [0.3, 0.4) is 0 Å². The Balaban J connectivity index is 1.44. The summed E-state index contributed by atoms with van der Waals surface area (Å²) in [5.41, 5.74) is 2.41. The average Bonchev–Trinajstić information content (AvgIpc) is 3.20. The number of nitrogens with zero attached hydrogens (tertiary/aromatic N) is 2. The Labute approximate surface area is 193 Å². The van der Waals surface area contributed by atoms with Gasteiger partial charge < -0.3 is 10.2 Å². The molecule has 0 spiro atoms. The maximum atomic E-state index is 13.0. The van der Waals surface area contributed by atoms with Crippen molar-refractivity contribution in [3.05, 3.63) is 53.1 Å². The molecule has 1 atom stereocenters. The lowest BCUT2D eigenvalue weighted by Gasteiger charge is -2.31. The maximum Gasteiger partial charge on any atom is 0.243 e. The van der Waals surface area contributed by atoms with E-state index in [-0.39, 0.29) is 23.3 Å². The predicted octanol–water partition coefficient (Wildman–Crippen LogP) is 3.81. The largest absolute Gasteiger partial charge is 0.326 e. The van der Waals surface area contributed by atoms with Crippen LogP contribution in [0.15, 0.2) is 47.4 Å². The summed E-state index contributed by atoms with van der Waals surface area (Å²) < 4.78 is 27.3. The van der Waals surface area contributed by atoms with E-state index in [4.69, 9.17) is 11.6 Å². The van der Waals surface area contributed by atoms with Gasteiger partial charge in [0, 0.05) is 42.5 Å². The highest BCUT2D eigenvalue weighted by atomic mass is 35.5. The van der Waals surface area contributed by atoms with Gasteiger partial charge in [-0.3, -0.25) is 9.59 Å². The summed E-state index contributed by atoms with van der Waals surface area (Å²) in [5.74, 6) is -0.523. The minimum Gasteiger partial charge on any atom is -0.326 e. The summed E-state index contributed by atoms with van der Waals surface area (Å²) in [6, 6.07) is 11.6. The highest BCUT2D eigenvalue weighted by molar-refractivity contribution is 7.89. The minimum atomic E-state index is -3.69. The first-order valence-corrected chi connectivity index (χ1v) is 12.5. The van der Waals surface area contributed by atoms with E-state index < -0.39 is 15.9 Å². The fraction of sp³-hybridized carbons (Fsp3) is 0.391. The normalized spacial score (nSPS) is 19.9. The molecule has 2 aliphatic heterocycles. The van der Waals surface area contributed by atoms with Gasteiger partial charge in [0.1, 0.15) is 0 Å². The van der Waals surface area contributed by atoms with Crippen LogP contribution in [0.4, 0.5) is 11.4 Å². The van der Waals surface area contributed by atoms with E-state index in [1.807, 2.05) is 19.1 Å². The van der Waals surface area contributed by atoms with Gasteiger partial charge in [0.25, 0.3) is 0 Å². The Hall–Kier alpha value is -2.42. The topological polar surface area (TPSA) is 86.8 Å². The number of halogens is 1. The molecule has 2 aliphatic rings. The highest BCUT2D eigenvalue weighted by Crippen LogP contribution is 2.29. The molecule has 2 aromatic rings. The third-order valence-electron chi connectivity index (χ3n) is 6.03. The van der Waals surface area contributed by atoms with E-state index in [0.717, 1.165) is 17.7 Å². The highest BCUT2D eigenvalue weighted by Gasteiger charge is 2.33. The van der Waals surface area contributed by atoms with Crippen molar-refractivity contribution in [2.24, 2.45) is 5.92 Å². The van der Waals surface area contributed by atoms with Crippen LogP contribution in [-0.2, 0) is 19.6 Å². The van der Waals surface area contributed by atoms with Crippen LogP contribution in [-0.4, -0.2) is 44.2 Å². The molecule has 0 bridgehead atoms. The number of carbonyl (C=O) groups is 2. The number of sulfonamides is 1. The molecule has 2 amide bonds. The number of amides is 2. The lowest BCUT2D eigenvalue weighted by atomic mass is 9.98. The van der Waals surface area contributed by atoms with Gasteiger partial charge in [-0.15, -0.1) is 0 Å². The Morgan fingerprint density at radius 1 is 1.09 bits per heavy atom. The lowest BCUT2D eigenvalue weighted by molar-refractivity contribution is -0.121. The van der Waals surface area contributed by atoms with Crippen molar-refractivity contribution in [2.45, 2.75) is 37.5 Å². The first-order valence-electron chi connectivity index (χ1n) is 10.7. The number of anilines is 2. The summed E-state index contributed by atoms with van der Waals surface area (Å²) in [7, 11) is -3.69. The molecule has 170 valence electrons. The number of hydrogen-bond acceptors (Lipinski definition) is 4. The van der Waals surface area contributed by atoms with E-state index in [9.17, 15) is 18.0 Å². The summed E-state index contributed by atoms with van der Waals surface area (Å²) in [5, 5.41) is 3.39. The molecular weight excluding hydrogens is 450 g/mol. The third-order valence-corrected chi connectivity index (χ3v) is 8.17. The zero-order chi connectivity index (χ0) is 22.9. The quantitative estimate of drug-likeness (QED) is 0.712. The first-order chi connectivity index (χ1) is 15.3. The van der Waals surface area contributed by atoms with Gasteiger partial charge in [0.2, 0.25) is 21.8 Å². The predicted molar refractivity (Wildman–Crippen MR) is 124 cm³/mol.